The van der Waals surface area contributed by atoms with Crippen LogP contribution in [0.2, 0.25) is 0 Å². The molecule has 25 heavy (non-hydrogen) atoms. The van der Waals surface area contributed by atoms with Crippen molar-refractivity contribution in [2.75, 3.05) is 6.54 Å². The number of aryl methyl sites for hydroxylation is 2. The van der Waals surface area contributed by atoms with E-state index in [1.54, 1.807) is 6.07 Å². The van der Waals surface area contributed by atoms with Gasteiger partial charge in [0.15, 0.2) is 0 Å². The van der Waals surface area contributed by atoms with E-state index in [0.29, 0.717) is 18.8 Å². The van der Waals surface area contributed by atoms with Gasteiger partial charge in [-0.05, 0) is 44.0 Å². The first-order chi connectivity index (χ1) is 12.0. The molecule has 0 saturated heterocycles. The SMILES string of the molecule is CCc1c(C)nn(CCNC(=O)c2cc(-c3cccn3C)n[nH]2)c1C. The number of nitrogens with one attached hydrogen (secondary N) is 2. The number of hydrogen-bond donors (Lipinski definition) is 2. The van der Waals surface area contributed by atoms with E-state index < -0.39 is 0 Å². The molecule has 0 aliphatic heterocycles. The van der Waals surface area contributed by atoms with E-state index in [1.165, 1.54) is 11.3 Å². The summed E-state index contributed by atoms with van der Waals surface area (Å²) in [6, 6.07) is 5.68. The molecule has 3 aromatic heterocycles. The Balaban J connectivity index is 1.60. The van der Waals surface area contributed by atoms with Crippen molar-refractivity contribution in [1.29, 1.82) is 0 Å². The lowest BCUT2D eigenvalue weighted by atomic mass is 10.1. The number of carbonyl (C=O) groups is 1. The van der Waals surface area contributed by atoms with Crippen molar-refractivity contribution in [3.05, 3.63) is 47.0 Å². The van der Waals surface area contributed by atoms with E-state index in [4.69, 9.17) is 0 Å². The van der Waals surface area contributed by atoms with Gasteiger partial charge in [0, 0.05) is 25.5 Å². The van der Waals surface area contributed by atoms with Gasteiger partial charge in [0.2, 0.25) is 0 Å². The Labute approximate surface area is 147 Å². The van der Waals surface area contributed by atoms with Crippen LogP contribution >= 0.6 is 0 Å². The fraction of sp³-hybridized carbons (Fsp3) is 0.389. The summed E-state index contributed by atoms with van der Waals surface area (Å²) >= 11 is 0. The van der Waals surface area contributed by atoms with Crippen LogP contribution in [0, 0.1) is 13.8 Å². The fourth-order valence-corrected chi connectivity index (χ4v) is 3.13. The average Bonchev–Trinajstić information content (AvgIpc) is 3.27. The minimum absolute atomic E-state index is 0.162. The summed E-state index contributed by atoms with van der Waals surface area (Å²) in [4.78, 5) is 12.3. The van der Waals surface area contributed by atoms with Gasteiger partial charge in [0.25, 0.3) is 5.91 Å². The molecule has 2 N–H and O–H groups in total. The molecule has 7 heteroatoms. The molecule has 0 fully saturated rings. The highest BCUT2D eigenvalue weighted by atomic mass is 16.1. The van der Waals surface area contributed by atoms with Gasteiger partial charge in [-0.3, -0.25) is 14.6 Å². The largest absolute Gasteiger partial charge is 0.349 e. The first kappa shape index (κ1) is 17.0. The minimum Gasteiger partial charge on any atom is -0.349 e. The summed E-state index contributed by atoms with van der Waals surface area (Å²) in [6.45, 7) is 7.39. The third-order valence-corrected chi connectivity index (χ3v) is 4.52. The summed E-state index contributed by atoms with van der Waals surface area (Å²) in [5.74, 6) is -0.162. The zero-order valence-electron chi connectivity index (χ0n) is 15.1. The highest BCUT2D eigenvalue weighted by Gasteiger charge is 2.13. The molecule has 0 saturated carbocycles. The Morgan fingerprint density at radius 2 is 2.16 bits per heavy atom. The Hall–Kier alpha value is -2.83. The van der Waals surface area contributed by atoms with Crippen molar-refractivity contribution >= 4 is 5.91 Å². The number of amides is 1. The topological polar surface area (TPSA) is 80.5 Å². The van der Waals surface area contributed by atoms with Gasteiger partial charge in [0.1, 0.15) is 11.4 Å². The summed E-state index contributed by atoms with van der Waals surface area (Å²) in [7, 11) is 1.95. The van der Waals surface area contributed by atoms with Crippen molar-refractivity contribution in [2.45, 2.75) is 33.7 Å². The lowest BCUT2D eigenvalue weighted by Crippen LogP contribution is -2.28. The molecule has 0 unspecified atom stereocenters. The Morgan fingerprint density at radius 1 is 1.36 bits per heavy atom. The van der Waals surface area contributed by atoms with Gasteiger partial charge in [-0.25, -0.2) is 0 Å². The van der Waals surface area contributed by atoms with Crippen LogP contribution in [0.5, 0.6) is 0 Å². The molecule has 0 radical (unpaired) electrons. The number of rotatable bonds is 6. The van der Waals surface area contributed by atoms with E-state index in [-0.39, 0.29) is 5.91 Å². The maximum atomic E-state index is 12.3. The molecule has 7 nitrogen and oxygen atoms in total. The lowest BCUT2D eigenvalue weighted by molar-refractivity contribution is 0.0947. The quantitative estimate of drug-likeness (QED) is 0.722. The highest BCUT2D eigenvalue weighted by Crippen LogP contribution is 2.17. The fourth-order valence-electron chi connectivity index (χ4n) is 3.13. The molecule has 1 amide bonds. The van der Waals surface area contributed by atoms with E-state index in [0.717, 1.165) is 23.5 Å². The highest BCUT2D eigenvalue weighted by molar-refractivity contribution is 5.93. The molecule has 3 rings (SSSR count). The summed E-state index contributed by atoms with van der Waals surface area (Å²) in [5, 5.41) is 14.5. The standard InChI is InChI=1S/C18H24N6O/c1-5-14-12(2)22-24(13(14)3)10-8-19-18(25)16-11-15(20-21-16)17-7-6-9-23(17)4/h6-7,9,11H,5,8,10H2,1-4H3,(H,19,25)(H,20,21). The van der Waals surface area contributed by atoms with Gasteiger partial charge >= 0.3 is 0 Å². The van der Waals surface area contributed by atoms with Gasteiger partial charge in [-0.1, -0.05) is 6.92 Å². The van der Waals surface area contributed by atoms with Crippen LogP contribution in [0.3, 0.4) is 0 Å². The first-order valence-corrected chi connectivity index (χ1v) is 8.49. The number of aromatic nitrogens is 5. The normalized spacial score (nSPS) is 11.0. The van der Waals surface area contributed by atoms with Crippen molar-refractivity contribution < 1.29 is 4.79 Å². The summed E-state index contributed by atoms with van der Waals surface area (Å²) < 4.78 is 3.92. The van der Waals surface area contributed by atoms with Crippen LogP contribution in [-0.4, -0.2) is 37.0 Å². The Morgan fingerprint density at radius 3 is 2.80 bits per heavy atom. The number of aromatic amines is 1. The van der Waals surface area contributed by atoms with E-state index in [1.807, 2.05) is 41.5 Å². The number of nitrogens with zero attached hydrogens (tertiary/aromatic N) is 4. The van der Waals surface area contributed by atoms with E-state index >= 15 is 0 Å². The Bertz CT molecular complexity index is 885. The van der Waals surface area contributed by atoms with Crippen LogP contribution in [0.15, 0.2) is 24.4 Å². The molecule has 0 bridgehead atoms. The van der Waals surface area contributed by atoms with Gasteiger partial charge in [0.05, 0.1) is 17.9 Å². The lowest BCUT2D eigenvalue weighted by Gasteiger charge is -2.06. The number of H-pyrrole nitrogens is 1. The van der Waals surface area contributed by atoms with E-state index in [2.05, 4.69) is 34.5 Å². The third kappa shape index (κ3) is 3.35. The van der Waals surface area contributed by atoms with Crippen molar-refractivity contribution in [2.24, 2.45) is 7.05 Å². The van der Waals surface area contributed by atoms with Gasteiger partial charge in [-0.2, -0.15) is 10.2 Å². The van der Waals surface area contributed by atoms with Gasteiger partial charge in [-0.15, -0.1) is 0 Å². The molecule has 0 aliphatic carbocycles. The van der Waals surface area contributed by atoms with E-state index in [9.17, 15) is 4.79 Å². The van der Waals surface area contributed by atoms with Crippen LogP contribution < -0.4 is 5.32 Å². The zero-order chi connectivity index (χ0) is 18.0. The molecule has 0 spiro atoms. The second-order valence-electron chi connectivity index (χ2n) is 6.15. The predicted octanol–water partition coefficient (Wildman–Crippen LogP) is 2.22. The smallest absolute Gasteiger partial charge is 0.269 e. The molecule has 132 valence electrons. The third-order valence-electron chi connectivity index (χ3n) is 4.52. The molecular weight excluding hydrogens is 316 g/mol. The maximum Gasteiger partial charge on any atom is 0.269 e. The van der Waals surface area contributed by atoms with Crippen LogP contribution in [0.4, 0.5) is 0 Å². The number of hydrogen-bond acceptors (Lipinski definition) is 3. The Kier molecular flexibility index (Phi) is 4.74. The zero-order valence-corrected chi connectivity index (χ0v) is 15.1. The molecule has 0 atom stereocenters. The predicted molar refractivity (Wildman–Crippen MR) is 96.4 cm³/mol. The molecule has 0 aliphatic rings. The van der Waals surface area contributed by atoms with Crippen molar-refractivity contribution in [1.82, 2.24) is 29.9 Å². The second-order valence-corrected chi connectivity index (χ2v) is 6.15. The van der Waals surface area contributed by atoms with Crippen molar-refractivity contribution in [3.8, 4) is 11.4 Å². The second kappa shape index (κ2) is 6.96. The first-order valence-electron chi connectivity index (χ1n) is 8.49. The molecule has 0 aromatic carbocycles. The van der Waals surface area contributed by atoms with Crippen LogP contribution in [0.1, 0.15) is 34.4 Å². The molecular formula is C18H24N6O. The molecule has 3 aromatic rings. The monoisotopic (exact) mass is 340 g/mol. The maximum absolute atomic E-state index is 12.3. The van der Waals surface area contributed by atoms with Crippen LogP contribution in [-0.2, 0) is 20.0 Å². The summed E-state index contributed by atoms with van der Waals surface area (Å²) in [5.41, 5.74) is 5.69. The average molecular weight is 340 g/mol. The van der Waals surface area contributed by atoms with Crippen LogP contribution in [0.25, 0.3) is 11.4 Å². The van der Waals surface area contributed by atoms with Crippen molar-refractivity contribution in [3.63, 3.8) is 0 Å². The number of carbonyl (C=O) groups excluding carboxylic acids is 1. The minimum atomic E-state index is -0.162. The summed E-state index contributed by atoms with van der Waals surface area (Å²) in [6.07, 6.45) is 2.92. The van der Waals surface area contributed by atoms with Gasteiger partial charge < -0.3 is 9.88 Å². The molecule has 3 heterocycles.